The molecule has 0 bridgehead atoms. The lowest BCUT2D eigenvalue weighted by Gasteiger charge is -2.21. The molecule has 0 amide bonds. The Labute approximate surface area is 124 Å². The number of aryl methyl sites for hydroxylation is 1. The van der Waals surface area contributed by atoms with E-state index in [1.807, 2.05) is 0 Å². The van der Waals surface area contributed by atoms with Crippen molar-refractivity contribution in [2.75, 3.05) is 19.6 Å². The first-order valence-corrected chi connectivity index (χ1v) is 7.93. The Hall–Kier alpha value is -0.800. The minimum atomic E-state index is 0.673. The summed E-state index contributed by atoms with van der Waals surface area (Å²) in [6.07, 6.45) is 0. The Morgan fingerprint density at radius 3 is 2.45 bits per heavy atom. The maximum atomic E-state index is 6.01. The van der Waals surface area contributed by atoms with E-state index in [0.29, 0.717) is 11.8 Å². The third-order valence-electron chi connectivity index (χ3n) is 3.36. The van der Waals surface area contributed by atoms with Gasteiger partial charge in [0.05, 0.1) is 13.1 Å². The quantitative estimate of drug-likeness (QED) is 0.745. The summed E-state index contributed by atoms with van der Waals surface area (Å²) < 4.78 is 6.01. The van der Waals surface area contributed by atoms with Crippen molar-refractivity contribution in [3.8, 4) is 0 Å². The molecule has 3 heteroatoms. The molecule has 0 aliphatic rings. The van der Waals surface area contributed by atoms with E-state index in [1.54, 1.807) is 0 Å². The van der Waals surface area contributed by atoms with E-state index in [9.17, 15) is 0 Å². The molecule has 3 nitrogen and oxygen atoms in total. The van der Waals surface area contributed by atoms with Crippen LogP contribution in [-0.4, -0.2) is 24.5 Å². The van der Waals surface area contributed by atoms with Crippen molar-refractivity contribution in [2.24, 2.45) is 11.8 Å². The third kappa shape index (κ3) is 6.10. The van der Waals surface area contributed by atoms with E-state index in [1.165, 1.54) is 5.56 Å². The highest BCUT2D eigenvalue weighted by Crippen LogP contribution is 2.17. The van der Waals surface area contributed by atoms with Crippen LogP contribution in [0.2, 0.25) is 0 Å². The van der Waals surface area contributed by atoms with Crippen molar-refractivity contribution in [1.29, 1.82) is 0 Å². The predicted octanol–water partition coefficient (Wildman–Crippen LogP) is 3.81. The Morgan fingerprint density at radius 2 is 1.90 bits per heavy atom. The van der Waals surface area contributed by atoms with E-state index < -0.39 is 0 Å². The van der Waals surface area contributed by atoms with Gasteiger partial charge >= 0.3 is 0 Å². The van der Waals surface area contributed by atoms with Gasteiger partial charge in [0, 0.05) is 6.54 Å². The van der Waals surface area contributed by atoms with Gasteiger partial charge in [-0.3, -0.25) is 4.90 Å². The highest BCUT2D eigenvalue weighted by Gasteiger charge is 2.12. The molecular formula is C17H32N2O. The molecule has 0 unspecified atom stereocenters. The van der Waals surface area contributed by atoms with Gasteiger partial charge in [0.2, 0.25) is 0 Å². The summed E-state index contributed by atoms with van der Waals surface area (Å²) in [5.74, 6) is 3.54. The van der Waals surface area contributed by atoms with Gasteiger partial charge in [0.25, 0.3) is 0 Å². The fourth-order valence-electron chi connectivity index (χ4n) is 2.36. The first-order chi connectivity index (χ1) is 9.42. The van der Waals surface area contributed by atoms with Crippen molar-refractivity contribution < 1.29 is 4.42 Å². The van der Waals surface area contributed by atoms with Crippen LogP contribution in [0.15, 0.2) is 10.5 Å². The summed E-state index contributed by atoms with van der Waals surface area (Å²) in [5.41, 5.74) is 1.26. The van der Waals surface area contributed by atoms with Crippen LogP contribution in [0.3, 0.4) is 0 Å². The Morgan fingerprint density at radius 1 is 1.20 bits per heavy atom. The predicted molar refractivity (Wildman–Crippen MR) is 85.8 cm³/mol. The topological polar surface area (TPSA) is 28.4 Å². The number of rotatable bonds is 9. The van der Waals surface area contributed by atoms with E-state index >= 15 is 0 Å². The van der Waals surface area contributed by atoms with Crippen LogP contribution >= 0.6 is 0 Å². The second-order valence-corrected chi connectivity index (χ2v) is 6.57. The smallest absolute Gasteiger partial charge is 0.120 e. The van der Waals surface area contributed by atoms with Gasteiger partial charge < -0.3 is 9.73 Å². The Bertz CT molecular complexity index is 382. The molecular weight excluding hydrogens is 248 g/mol. The van der Waals surface area contributed by atoms with Crippen molar-refractivity contribution in [2.45, 2.75) is 54.6 Å². The summed E-state index contributed by atoms with van der Waals surface area (Å²) in [6.45, 7) is 18.3. The molecule has 0 saturated carbocycles. The lowest BCUT2D eigenvalue weighted by Crippen LogP contribution is -2.26. The fourth-order valence-corrected chi connectivity index (χ4v) is 2.36. The summed E-state index contributed by atoms with van der Waals surface area (Å²) in [4.78, 5) is 2.44. The van der Waals surface area contributed by atoms with Gasteiger partial charge in [-0.25, -0.2) is 0 Å². The van der Waals surface area contributed by atoms with Gasteiger partial charge in [-0.05, 0) is 43.5 Å². The highest BCUT2D eigenvalue weighted by molar-refractivity contribution is 5.20. The zero-order chi connectivity index (χ0) is 15.1. The molecule has 20 heavy (non-hydrogen) atoms. The molecule has 0 saturated heterocycles. The van der Waals surface area contributed by atoms with Gasteiger partial charge in [0.1, 0.15) is 11.5 Å². The van der Waals surface area contributed by atoms with Gasteiger partial charge in [-0.2, -0.15) is 0 Å². The van der Waals surface area contributed by atoms with Crippen LogP contribution in [0.5, 0.6) is 0 Å². The van der Waals surface area contributed by atoms with Crippen LogP contribution in [0.25, 0.3) is 0 Å². The van der Waals surface area contributed by atoms with Crippen LogP contribution < -0.4 is 5.32 Å². The van der Waals surface area contributed by atoms with Crippen molar-refractivity contribution in [1.82, 2.24) is 10.2 Å². The van der Waals surface area contributed by atoms with Crippen LogP contribution in [0.4, 0.5) is 0 Å². The molecule has 1 rings (SSSR count). The average Bonchev–Trinajstić information content (AvgIpc) is 2.68. The van der Waals surface area contributed by atoms with Gasteiger partial charge in [0.15, 0.2) is 0 Å². The summed E-state index contributed by atoms with van der Waals surface area (Å²) in [5, 5.41) is 3.45. The first kappa shape index (κ1) is 17.3. The number of furan rings is 1. The highest BCUT2D eigenvalue weighted by atomic mass is 16.3. The molecule has 0 aliphatic carbocycles. The average molecular weight is 280 g/mol. The lowest BCUT2D eigenvalue weighted by molar-refractivity contribution is 0.227. The van der Waals surface area contributed by atoms with Crippen molar-refractivity contribution in [3.05, 3.63) is 23.2 Å². The second-order valence-electron chi connectivity index (χ2n) is 6.57. The number of hydrogen-bond acceptors (Lipinski definition) is 3. The van der Waals surface area contributed by atoms with Crippen molar-refractivity contribution >= 4 is 0 Å². The van der Waals surface area contributed by atoms with Crippen molar-refractivity contribution in [3.63, 3.8) is 0 Å². The molecule has 1 heterocycles. The monoisotopic (exact) mass is 280 g/mol. The van der Waals surface area contributed by atoms with Crippen LogP contribution in [0, 0.1) is 18.8 Å². The minimum Gasteiger partial charge on any atom is -0.463 e. The molecule has 0 aromatic carbocycles. The normalized spacial score (nSPS) is 12.1. The Kier molecular flexibility index (Phi) is 7.31. The molecule has 0 fully saturated rings. The lowest BCUT2D eigenvalue weighted by atomic mass is 10.2. The maximum Gasteiger partial charge on any atom is 0.120 e. The van der Waals surface area contributed by atoms with Gasteiger partial charge in [-0.15, -0.1) is 0 Å². The molecule has 0 radical (unpaired) electrons. The zero-order valence-electron chi connectivity index (χ0n) is 14.1. The van der Waals surface area contributed by atoms with E-state index in [-0.39, 0.29) is 0 Å². The summed E-state index contributed by atoms with van der Waals surface area (Å²) >= 11 is 0. The maximum absolute atomic E-state index is 6.01. The van der Waals surface area contributed by atoms with E-state index in [0.717, 1.165) is 44.2 Å². The third-order valence-corrected chi connectivity index (χ3v) is 3.36. The molecule has 0 spiro atoms. The van der Waals surface area contributed by atoms with E-state index in [2.05, 4.69) is 57.8 Å². The standard InChI is InChI=1S/C17H32N2O/c1-7-19(11-14(4)5)12-16-8-15(6)17(20-16)10-18-9-13(2)3/h8,13-14,18H,7,9-12H2,1-6H3. The molecule has 0 aliphatic heterocycles. The summed E-state index contributed by atoms with van der Waals surface area (Å²) in [6, 6.07) is 2.19. The minimum absolute atomic E-state index is 0.673. The first-order valence-electron chi connectivity index (χ1n) is 7.93. The second kappa shape index (κ2) is 8.48. The molecule has 1 N–H and O–H groups in total. The molecule has 116 valence electrons. The number of nitrogens with one attached hydrogen (secondary N) is 1. The SMILES string of the molecule is CCN(Cc1cc(C)c(CNCC(C)C)o1)CC(C)C. The Balaban J connectivity index is 2.55. The van der Waals surface area contributed by atoms with E-state index in [4.69, 9.17) is 4.42 Å². The molecule has 1 aromatic rings. The van der Waals surface area contributed by atoms with Gasteiger partial charge in [-0.1, -0.05) is 34.6 Å². The molecule has 0 atom stereocenters. The van der Waals surface area contributed by atoms with Crippen LogP contribution in [0.1, 0.15) is 51.7 Å². The number of hydrogen-bond donors (Lipinski definition) is 1. The van der Waals surface area contributed by atoms with Crippen LogP contribution in [-0.2, 0) is 13.1 Å². The molecule has 1 aromatic heterocycles. The largest absolute Gasteiger partial charge is 0.463 e. The summed E-state index contributed by atoms with van der Waals surface area (Å²) in [7, 11) is 0. The zero-order valence-corrected chi connectivity index (χ0v) is 14.1. The fraction of sp³-hybridized carbons (Fsp3) is 0.765. The number of nitrogens with zero attached hydrogens (tertiary/aromatic N) is 1.